The van der Waals surface area contributed by atoms with Gasteiger partial charge >= 0.3 is 6.18 Å². The van der Waals surface area contributed by atoms with Crippen molar-refractivity contribution in [3.8, 4) is 0 Å². The van der Waals surface area contributed by atoms with Crippen LogP contribution in [0.3, 0.4) is 0 Å². The molecule has 0 aromatic heterocycles. The SMILES string of the molecule is CCC1(CC)CN(CCC(F)(F)F)C(C)CN1. The van der Waals surface area contributed by atoms with Crippen molar-refractivity contribution in [2.75, 3.05) is 19.6 Å². The number of hydrogen-bond acceptors (Lipinski definition) is 2. The molecule has 102 valence electrons. The third-order valence-corrected chi connectivity index (χ3v) is 3.94. The van der Waals surface area contributed by atoms with E-state index in [1.807, 2.05) is 11.8 Å². The number of hydrogen-bond donors (Lipinski definition) is 1. The second-order valence-corrected chi connectivity index (χ2v) is 5.05. The zero-order chi connectivity index (χ0) is 13.1. The molecule has 0 bridgehead atoms. The topological polar surface area (TPSA) is 15.3 Å². The first-order chi connectivity index (χ1) is 7.82. The van der Waals surface area contributed by atoms with Gasteiger partial charge in [0.25, 0.3) is 0 Å². The van der Waals surface area contributed by atoms with E-state index in [2.05, 4.69) is 19.2 Å². The van der Waals surface area contributed by atoms with Crippen molar-refractivity contribution in [1.29, 1.82) is 0 Å². The van der Waals surface area contributed by atoms with E-state index in [0.717, 1.165) is 25.9 Å². The van der Waals surface area contributed by atoms with Crippen molar-refractivity contribution in [1.82, 2.24) is 10.2 Å². The van der Waals surface area contributed by atoms with Crippen molar-refractivity contribution < 1.29 is 13.2 Å². The molecule has 1 rings (SSSR count). The molecule has 1 atom stereocenters. The van der Waals surface area contributed by atoms with Crippen LogP contribution in [0.1, 0.15) is 40.0 Å². The Balaban J connectivity index is 2.57. The van der Waals surface area contributed by atoms with Gasteiger partial charge in [0, 0.05) is 31.2 Å². The first-order valence-electron chi connectivity index (χ1n) is 6.38. The van der Waals surface area contributed by atoms with Crippen LogP contribution >= 0.6 is 0 Å². The van der Waals surface area contributed by atoms with Gasteiger partial charge in [-0.2, -0.15) is 13.2 Å². The highest BCUT2D eigenvalue weighted by atomic mass is 19.4. The summed E-state index contributed by atoms with van der Waals surface area (Å²) >= 11 is 0. The largest absolute Gasteiger partial charge is 0.390 e. The molecule has 0 radical (unpaired) electrons. The molecule has 1 fully saturated rings. The fraction of sp³-hybridized carbons (Fsp3) is 1.00. The van der Waals surface area contributed by atoms with Gasteiger partial charge in [-0.25, -0.2) is 0 Å². The Labute approximate surface area is 102 Å². The van der Waals surface area contributed by atoms with Crippen molar-refractivity contribution in [3.63, 3.8) is 0 Å². The Bertz CT molecular complexity index is 236. The monoisotopic (exact) mass is 252 g/mol. The van der Waals surface area contributed by atoms with Gasteiger partial charge < -0.3 is 5.32 Å². The summed E-state index contributed by atoms with van der Waals surface area (Å²) in [6.07, 6.45) is -2.84. The number of alkyl halides is 3. The van der Waals surface area contributed by atoms with E-state index in [0.29, 0.717) is 0 Å². The lowest BCUT2D eigenvalue weighted by Crippen LogP contribution is -2.63. The highest BCUT2D eigenvalue weighted by Crippen LogP contribution is 2.25. The Morgan fingerprint density at radius 2 is 1.88 bits per heavy atom. The van der Waals surface area contributed by atoms with E-state index >= 15 is 0 Å². The van der Waals surface area contributed by atoms with Crippen LogP contribution in [0.15, 0.2) is 0 Å². The summed E-state index contributed by atoms with van der Waals surface area (Å²) in [5.41, 5.74) is -0.00188. The molecule has 0 aromatic rings. The molecule has 0 amide bonds. The van der Waals surface area contributed by atoms with Gasteiger partial charge in [-0.3, -0.25) is 4.90 Å². The molecule has 1 N–H and O–H groups in total. The summed E-state index contributed by atoms with van der Waals surface area (Å²) in [4.78, 5) is 1.97. The molecule has 0 saturated carbocycles. The zero-order valence-corrected chi connectivity index (χ0v) is 10.9. The molecule has 17 heavy (non-hydrogen) atoms. The minimum absolute atomic E-state index is 0.00188. The lowest BCUT2D eigenvalue weighted by atomic mass is 9.88. The second kappa shape index (κ2) is 5.57. The van der Waals surface area contributed by atoms with Crippen LogP contribution in [0.5, 0.6) is 0 Å². The first-order valence-corrected chi connectivity index (χ1v) is 6.38. The maximum atomic E-state index is 12.3. The Hall–Kier alpha value is -0.290. The van der Waals surface area contributed by atoms with Crippen LogP contribution in [-0.4, -0.2) is 42.3 Å². The summed E-state index contributed by atoms with van der Waals surface area (Å²) < 4.78 is 36.8. The fourth-order valence-electron chi connectivity index (χ4n) is 2.39. The van der Waals surface area contributed by atoms with Gasteiger partial charge in [0.1, 0.15) is 0 Å². The van der Waals surface area contributed by atoms with Gasteiger partial charge in [0.05, 0.1) is 6.42 Å². The maximum absolute atomic E-state index is 12.3. The molecule has 2 nitrogen and oxygen atoms in total. The molecule has 1 aliphatic rings. The summed E-state index contributed by atoms with van der Waals surface area (Å²) in [7, 11) is 0. The predicted molar refractivity (Wildman–Crippen MR) is 63.0 cm³/mol. The van der Waals surface area contributed by atoms with E-state index in [1.165, 1.54) is 0 Å². The average molecular weight is 252 g/mol. The first kappa shape index (κ1) is 14.8. The summed E-state index contributed by atoms with van der Waals surface area (Å²) in [5.74, 6) is 0. The maximum Gasteiger partial charge on any atom is 0.390 e. The third-order valence-electron chi connectivity index (χ3n) is 3.94. The molecular weight excluding hydrogens is 229 g/mol. The molecule has 1 unspecified atom stereocenters. The summed E-state index contributed by atoms with van der Waals surface area (Å²) in [5, 5.41) is 3.49. The van der Waals surface area contributed by atoms with Crippen molar-refractivity contribution in [2.24, 2.45) is 0 Å². The van der Waals surface area contributed by atoms with Crippen LogP contribution in [0.4, 0.5) is 13.2 Å². The van der Waals surface area contributed by atoms with E-state index in [-0.39, 0.29) is 18.1 Å². The highest BCUT2D eigenvalue weighted by Gasteiger charge is 2.36. The quantitative estimate of drug-likeness (QED) is 0.827. The van der Waals surface area contributed by atoms with Crippen LogP contribution in [-0.2, 0) is 0 Å². The van der Waals surface area contributed by atoms with Crippen molar-refractivity contribution in [2.45, 2.75) is 57.8 Å². The highest BCUT2D eigenvalue weighted by molar-refractivity contribution is 4.95. The van der Waals surface area contributed by atoms with Gasteiger partial charge in [-0.1, -0.05) is 13.8 Å². The average Bonchev–Trinajstić information content (AvgIpc) is 2.27. The number of nitrogens with zero attached hydrogens (tertiary/aromatic N) is 1. The van der Waals surface area contributed by atoms with Gasteiger partial charge in [0.2, 0.25) is 0 Å². The summed E-state index contributed by atoms with van der Waals surface area (Å²) in [6, 6.07) is 0.184. The minimum Gasteiger partial charge on any atom is -0.308 e. The molecule has 0 aliphatic carbocycles. The molecule has 1 saturated heterocycles. The zero-order valence-electron chi connectivity index (χ0n) is 10.9. The van der Waals surface area contributed by atoms with Crippen LogP contribution < -0.4 is 5.32 Å². The lowest BCUT2D eigenvalue weighted by molar-refractivity contribution is -0.140. The van der Waals surface area contributed by atoms with E-state index in [1.54, 1.807) is 0 Å². The fourth-order valence-corrected chi connectivity index (χ4v) is 2.39. The summed E-state index contributed by atoms with van der Waals surface area (Å²) in [6.45, 7) is 7.78. The lowest BCUT2D eigenvalue weighted by Gasteiger charge is -2.46. The molecule has 5 heteroatoms. The molecule has 0 aromatic carbocycles. The normalized spacial score (nSPS) is 26.1. The standard InChI is InChI=1S/C12H23F3N2/c1-4-11(5-2)9-17(10(3)8-16-11)7-6-12(13,14)15/h10,16H,4-9H2,1-3H3. The van der Waals surface area contributed by atoms with Gasteiger partial charge in [-0.05, 0) is 19.8 Å². The Morgan fingerprint density at radius 3 is 2.35 bits per heavy atom. The van der Waals surface area contributed by atoms with E-state index < -0.39 is 12.6 Å². The third kappa shape index (κ3) is 4.14. The van der Waals surface area contributed by atoms with Gasteiger partial charge in [0.15, 0.2) is 0 Å². The van der Waals surface area contributed by atoms with Gasteiger partial charge in [-0.15, -0.1) is 0 Å². The molecule has 0 spiro atoms. The predicted octanol–water partition coefficient (Wildman–Crippen LogP) is 2.79. The number of nitrogens with one attached hydrogen (secondary N) is 1. The second-order valence-electron chi connectivity index (χ2n) is 5.05. The van der Waals surface area contributed by atoms with Crippen molar-refractivity contribution >= 4 is 0 Å². The number of halogens is 3. The molecule has 1 aliphatic heterocycles. The number of rotatable bonds is 4. The molecule has 1 heterocycles. The minimum atomic E-state index is -4.05. The smallest absolute Gasteiger partial charge is 0.308 e. The van der Waals surface area contributed by atoms with Crippen molar-refractivity contribution in [3.05, 3.63) is 0 Å². The van der Waals surface area contributed by atoms with E-state index in [4.69, 9.17) is 0 Å². The van der Waals surface area contributed by atoms with E-state index in [9.17, 15) is 13.2 Å². The van der Waals surface area contributed by atoms with Crippen LogP contribution in [0, 0.1) is 0 Å². The Morgan fingerprint density at radius 1 is 1.29 bits per heavy atom. The van der Waals surface area contributed by atoms with Crippen LogP contribution in [0.2, 0.25) is 0 Å². The van der Waals surface area contributed by atoms with Crippen LogP contribution in [0.25, 0.3) is 0 Å². The number of piperazine rings is 1. The molecular formula is C12H23F3N2. The Kier molecular flexibility index (Phi) is 4.84.